The third-order valence-electron chi connectivity index (χ3n) is 9.37. The predicted octanol–water partition coefficient (Wildman–Crippen LogP) is 4.12. The Kier molecular flexibility index (Phi) is 11.6. The molecule has 1 saturated carbocycles. The Hall–Kier alpha value is -2.56. The smallest absolute Gasteiger partial charge is 0.251 e. The Balaban J connectivity index is 1.56. The Morgan fingerprint density at radius 1 is 1.19 bits per heavy atom. The first-order valence-electron chi connectivity index (χ1n) is 15.8. The van der Waals surface area contributed by atoms with Gasteiger partial charge in [0.15, 0.2) is 0 Å². The van der Waals surface area contributed by atoms with Gasteiger partial charge in [-0.2, -0.15) is 5.06 Å². The van der Waals surface area contributed by atoms with Gasteiger partial charge in [0.1, 0.15) is 6.04 Å². The zero-order chi connectivity index (χ0) is 31.3. The number of rotatable bonds is 11. The van der Waals surface area contributed by atoms with E-state index in [1.165, 1.54) is 4.90 Å². The molecule has 1 aromatic carbocycles. The van der Waals surface area contributed by atoms with E-state index in [4.69, 9.17) is 9.57 Å². The van der Waals surface area contributed by atoms with Crippen LogP contribution in [0.25, 0.3) is 0 Å². The van der Waals surface area contributed by atoms with E-state index in [9.17, 15) is 19.8 Å². The van der Waals surface area contributed by atoms with Crippen molar-refractivity contribution in [2.45, 2.75) is 95.7 Å². The number of methoxy groups -OCH3 is 1. The molecule has 0 aromatic heterocycles. The Labute approximate surface area is 256 Å². The summed E-state index contributed by atoms with van der Waals surface area (Å²) in [5.74, 6) is -0.184. The van der Waals surface area contributed by atoms with Crippen molar-refractivity contribution < 1.29 is 29.4 Å². The third-order valence-corrected chi connectivity index (χ3v) is 9.37. The second kappa shape index (κ2) is 14.9. The number of nitrogens with one attached hydrogen (secondary N) is 1. The molecular weight excluding hydrogens is 546 g/mol. The van der Waals surface area contributed by atoms with Crippen LogP contribution >= 0.6 is 0 Å². The van der Waals surface area contributed by atoms with Crippen LogP contribution in [0.1, 0.15) is 92.8 Å². The number of nitrogens with zero attached hydrogens (tertiary/aromatic N) is 2. The Morgan fingerprint density at radius 2 is 1.95 bits per heavy atom. The molecule has 0 bridgehead atoms. The zero-order valence-corrected chi connectivity index (χ0v) is 26.7. The van der Waals surface area contributed by atoms with Gasteiger partial charge < -0.3 is 25.2 Å². The van der Waals surface area contributed by atoms with Crippen LogP contribution in [0.15, 0.2) is 42.0 Å². The van der Waals surface area contributed by atoms with E-state index in [2.05, 4.69) is 11.4 Å². The summed E-state index contributed by atoms with van der Waals surface area (Å²) in [5.41, 5.74) is 3.17. The standard InChI is InChI=1S/C34H51N3O6/c1-21(38)26-16-27(29-14-10-13-25(32(29)42-6)19-37-20-30(22(2)39)23(3)43-37)18-28(17-26)33(40)35-31(34(41)36(4)5)15-24-11-8-7-9-12-24/h7-8,11,16-18,21-23,25,29-32,38-39H,9-10,12-15,19-20H2,1-6H3,(H,35,40)/t21?,22-,23-,25?,29?,30-,31?,32?/m0/s1. The average molecular weight is 598 g/mol. The van der Waals surface area contributed by atoms with Crippen molar-refractivity contribution >= 4 is 11.8 Å². The highest BCUT2D eigenvalue weighted by molar-refractivity contribution is 5.98. The minimum atomic E-state index is -0.762. The number of ether oxygens (including phenoxy) is 1. The summed E-state index contributed by atoms with van der Waals surface area (Å²) in [5, 5.41) is 25.7. The van der Waals surface area contributed by atoms with Gasteiger partial charge in [0.2, 0.25) is 5.91 Å². The molecule has 9 nitrogen and oxygen atoms in total. The van der Waals surface area contributed by atoms with Crippen molar-refractivity contribution in [3.05, 3.63) is 58.7 Å². The highest BCUT2D eigenvalue weighted by Gasteiger charge is 2.40. The van der Waals surface area contributed by atoms with Crippen LogP contribution in [0.5, 0.6) is 0 Å². The molecule has 238 valence electrons. The lowest BCUT2D eigenvalue weighted by Crippen LogP contribution is -2.46. The van der Waals surface area contributed by atoms with E-state index in [1.54, 1.807) is 34.2 Å². The lowest BCUT2D eigenvalue weighted by Gasteiger charge is -2.39. The van der Waals surface area contributed by atoms with Crippen molar-refractivity contribution in [2.24, 2.45) is 11.8 Å². The number of hydrogen-bond acceptors (Lipinski definition) is 7. The Morgan fingerprint density at radius 3 is 2.56 bits per heavy atom. The first kappa shape index (κ1) is 33.3. The van der Waals surface area contributed by atoms with E-state index in [1.807, 2.05) is 43.2 Å². The van der Waals surface area contributed by atoms with E-state index in [0.717, 1.165) is 43.2 Å². The first-order valence-corrected chi connectivity index (χ1v) is 15.8. The average Bonchev–Trinajstić information content (AvgIpc) is 3.36. The van der Waals surface area contributed by atoms with Crippen molar-refractivity contribution in [3.63, 3.8) is 0 Å². The van der Waals surface area contributed by atoms with Gasteiger partial charge in [-0.15, -0.1) is 0 Å². The number of aliphatic hydroxyl groups is 2. The van der Waals surface area contributed by atoms with Crippen molar-refractivity contribution in [1.29, 1.82) is 0 Å². The van der Waals surface area contributed by atoms with Crippen molar-refractivity contribution in [1.82, 2.24) is 15.3 Å². The van der Waals surface area contributed by atoms with Crippen LogP contribution in [0, 0.1) is 11.8 Å². The molecular formula is C34H51N3O6. The van der Waals surface area contributed by atoms with Crippen LogP contribution in [0.2, 0.25) is 0 Å². The largest absolute Gasteiger partial charge is 0.393 e. The molecule has 1 saturated heterocycles. The summed E-state index contributed by atoms with van der Waals surface area (Å²) in [7, 11) is 5.14. The normalized spacial score (nSPS) is 28.2. The molecule has 1 aliphatic heterocycles. The summed E-state index contributed by atoms with van der Waals surface area (Å²) in [6.45, 7) is 6.89. The van der Waals surface area contributed by atoms with Gasteiger partial charge in [-0.25, -0.2) is 0 Å². The molecule has 9 heteroatoms. The molecule has 3 aliphatic rings. The van der Waals surface area contributed by atoms with E-state index in [-0.39, 0.29) is 41.8 Å². The SMILES string of the molecule is COC1C(CN2C[C@@H]([C@H](C)O)[C@H](C)O2)CCCC1c1cc(C(=O)NC(CC2=CC=CCC2)C(=O)N(C)C)cc(C(C)O)c1. The third kappa shape index (κ3) is 8.34. The number of carbonyl (C=O) groups is 2. The van der Waals surface area contributed by atoms with Crippen molar-refractivity contribution in [3.8, 4) is 0 Å². The number of benzene rings is 1. The fourth-order valence-corrected chi connectivity index (χ4v) is 6.93. The summed E-state index contributed by atoms with van der Waals surface area (Å²) in [6.07, 6.45) is 9.93. The van der Waals surface area contributed by atoms with Gasteiger partial charge in [0.05, 0.1) is 24.4 Å². The second-order valence-corrected chi connectivity index (χ2v) is 12.9. The second-order valence-electron chi connectivity index (χ2n) is 12.9. The maximum atomic E-state index is 13.7. The summed E-state index contributed by atoms with van der Waals surface area (Å²) in [6, 6.07) is 4.93. The number of allylic oxidation sites excluding steroid dienone is 3. The van der Waals surface area contributed by atoms with Crippen LogP contribution < -0.4 is 5.32 Å². The quantitative estimate of drug-likeness (QED) is 0.352. The zero-order valence-electron chi connectivity index (χ0n) is 26.7. The lowest BCUT2D eigenvalue weighted by molar-refractivity contribution is -0.161. The number of carbonyl (C=O) groups excluding carboxylic acids is 2. The molecule has 43 heavy (non-hydrogen) atoms. The number of hydrogen-bond donors (Lipinski definition) is 3. The van der Waals surface area contributed by atoms with Gasteiger partial charge in [-0.1, -0.05) is 36.3 Å². The monoisotopic (exact) mass is 597 g/mol. The van der Waals surface area contributed by atoms with Gasteiger partial charge in [-0.3, -0.25) is 14.4 Å². The number of likely N-dealkylation sites (N-methyl/N-ethyl adjacent to an activating group) is 1. The molecule has 2 amide bonds. The molecule has 3 N–H and O–H groups in total. The van der Waals surface area contributed by atoms with E-state index in [0.29, 0.717) is 30.6 Å². The number of hydroxylamine groups is 2. The topological polar surface area (TPSA) is 112 Å². The fraction of sp³-hybridized carbons (Fsp3) is 0.647. The minimum Gasteiger partial charge on any atom is -0.393 e. The number of aliphatic hydroxyl groups excluding tert-OH is 2. The van der Waals surface area contributed by atoms with Crippen LogP contribution in [0.3, 0.4) is 0 Å². The highest BCUT2D eigenvalue weighted by atomic mass is 16.7. The molecule has 4 rings (SSSR count). The molecule has 5 unspecified atom stereocenters. The highest BCUT2D eigenvalue weighted by Crippen LogP contribution is 2.40. The van der Waals surface area contributed by atoms with E-state index < -0.39 is 18.2 Å². The fourth-order valence-electron chi connectivity index (χ4n) is 6.93. The molecule has 0 spiro atoms. The predicted molar refractivity (Wildman–Crippen MR) is 166 cm³/mol. The van der Waals surface area contributed by atoms with Crippen LogP contribution in [0.4, 0.5) is 0 Å². The molecule has 2 fully saturated rings. The van der Waals surface area contributed by atoms with Crippen LogP contribution in [-0.4, -0.2) is 90.6 Å². The summed E-state index contributed by atoms with van der Waals surface area (Å²) in [4.78, 5) is 34.4. The Bertz CT molecular complexity index is 1180. The molecule has 1 aromatic rings. The maximum absolute atomic E-state index is 13.7. The van der Waals surface area contributed by atoms with Gasteiger partial charge >= 0.3 is 0 Å². The molecule has 1 heterocycles. The molecule has 0 radical (unpaired) electrons. The van der Waals surface area contributed by atoms with Gasteiger partial charge in [0, 0.05) is 57.6 Å². The first-order chi connectivity index (χ1) is 20.5. The lowest BCUT2D eigenvalue weighted by atomic mass is 9.74. The summed E-state index contributed by atoms with van der Waals surface area (Å²) >= 11 is 0. The minimum absolute atomic E-state index is 0.0278. The molecule has 8 atom stereocenters. The maximum Gasteiger partial charge on any atom is 0.251 e. The van der Waals surface area contributed by atoms with Crippen LogP contribution in [-0.2, 0) is 14.4 Å². The summed E-state index contributed by atoms with van der Waals surface area (Å²) < 4.78 is 6.13. The molecule has 2 aliphatic carbocycles. The van der Waals surface area contributed by atoms with E-state index >= 15 is 0 Å². The van der Waals surface area contributed by atoms with Gasteiger partial charge in [-0.05, 0) is 76.1 Å². The van der Waals surface area contributed by atoms with Crippen molar-refractivity contribution in [2.75, 3.05) is 34.3 Å². The number of amides is 2. The van der Waals surface area contributed by atoms with Gasteiger partial charge in [0.25, 0.3) is 5.91 Å².